The van der Waals surface area contributed by atoms with E-state index in [0.717, 1.165) is 0 Å². The van der Waals surface area contributed by atoms with E-state index in [2.05, 4.69) is 14.8 Å². The van der Waals surface area contributed by atoms with Gasteiger partial charge in [-0.25, -0.2) is 22.9 Å². The summed E-state index contributed by atoms with van der Waals surface area (Å²) in [7, 11) is -2.17. The highest BCUT2D eigenvalue weighted by molar-refractivity contribution is 7.89. The number of carboxylic acid groups (broad SMARTS) is 1. The molecule has 0 aliphatic carbocycles. The highest BCUT2D eigenvalue weighted by Crippen LogP contribution is 2.19. The van der Waals surface area contributed by atoms with Gasteiger partial charge in [-0.2, -0.15) is 5.10 Å². The van der Waals surface area contributed by atoms with Crippen LogP contribution in [0.4, 0.5) is 0 Å². The molecule has 0 saturated carbocycles. The molecule has 2 N–H and O–H groups in total. The van der Waals surface area contributed by atoms with E-state index in [1.165, 1.54) is 36.1 Å². The minimum Gasteiger partial charge on any atom is -0.478 e. The first-order valence-electron chi connectivity index (χ1n) is 5.98. The van der Waals surface area contributed by atoms with E-state index in [9.17, 15) is 13.2 Å². The summed E-state index contributed by atoms with van der Waals surface area (Å²) in [4.78, 5) is 14.9. The SMILES string of the molecule is Cc1c(C(=O)O)cccc1S(=O)(=O)NCc1ncn(C)n1. The van der Waals surface area contributed by atoms with Gasteiger partial charge in [-0.05, 0) is 24.6 Å². The summed E-state index contributed by atoms with van der Waals surface area (Å²) in [5.74, 6) is -0.843. The lowest BCUT2D eigenvalue weighted by atomic mass is 10.1. The molecule has 2 rings (SSSR count). The summed E-state index contributed by atoms with van der Waals surface area (Å²) in [6, 6.07) is 4.11. The molecular weight excluding hydrogens is 296 g/mol. The number of nitrogens with zero attached hydrogens (tertiary/aromatic N) is 3. The smallest absolute Gasteiger partial charge is 0.335 e. The van der Waals surface area contributed by atoms with Gasteiger partial charge < -0.3 is 5.11 Å². The molecule has 0 radical (unpaired) electrons. The van der Waals surface area contributed by atoms with Crippen LogP contribution in [0.25, 0.3) is 0 Å². The van der Waals surface area contributed by atoms with Gasteiger partial charge in [0, 0.05) is 7.05 Å². The van der Waals surface area contributed by atoms with E-state index in [1.54, 1.807) is 7.05 Å². The fourth-order valence-electron chi connectivity index (χ4n) is 1.84. The van der Waals surface area contributed by atoms with Crippen LogP contribution in [-0.2, 0) is 23.6 Å². The van der Waals surface area contributed by atoms with Gasteiger partial charge >= 0.3 is 5.97 Å². The molecule has 1 aromatic carbocycles. The van der Waals surface area contributed by atoms with Crippen molar-refractivity contribution in [1.29, 1.82) is 0 Å². The molecule has 21 heavy (non-hydrogen) atoms. The maximum Gasteiger partial charge on any atom is 0.335 e. The number of sulfonamides is 1. The third-order valence-electron chi connectivity index (χ3n) is 2.87. The van der Waals surface area contributed by atoms with E-state index in [0.29, 0.717) is 5.82 Å². The van der Waals surface area contributed by atoms with Gasteiger partial charge in [-0.3, -0.25) is 4.68 Å². The fraction of sp³-hybridized carbons (Fsp3) is 0.250. The summed E-state index contributed by atoms with van der Waals surface area (Å²) >= 11 is 0. The number of carboxylic acids is 1. The summed E-state index contributed by atoms with van der Waals surface area (Å²) < 4.78 is 28.3. The van der Waals surface area contributed by atoms with Crippen molar-refractivity contribution in [3.8, 4) is 0 Å². The van der Waals surface area contributed by atoms with Gasteiger partial charge in [-0.15, -0.1) is 0 Å². The second-order valence-corrected chi connectivity index (χ2v) is 6.13. The molecule has 0 bridgehead atoms. The molecule has 1 heterocycles. The molecule has 0 atom stereocenters. The third-order valence-corrected chi connectivity index (χ3v) is 4.42. The number of aryl methyl sites for hydroxylation is 1. The molecule has 0 saturated heterocycles. The van der Waals surface area contributed by atoms with Crippen molar-refractivity contribution in [2.75, 3.05) is 0 Å². The van der Waals surface area contributed by atoms with Crippen molar-refractivity contribution in [1.82, 2.24) is 19.5 Å². The van der Waals surface area contributed by atoms with Crippen molar-refractivity contribution in [3.63, 3.8) is 0 Å². The Labute approximate surface area is 121 Å². The quantitative estimate of drug-likeness (QED) is 0.821. The lowest BCUT2D eigenvalue weighted by Gasteiger charge is -2.10. The van der Waals surface area contributed by atoms with E-state index in [-0.39, 0.29) is 22.6 Å². The first-order chi connectivity index (χ1) is 9.81. The van der Waals surface area contributed by atoms with Gasteiger partial charge in [0.2, 0.25) is 10.0 Å². The van der Waals surface area contributed by atoms with Gasteiger partial charge in [0.1, 0.15) is 6.33 Å². The molecule has 8 nitrogen and oxygen atoms in total. The van der Waals surface area contributed by atoms with Gasteiger partial charge in [0.15, 0.2) is 5.82 Å². The number of rotatable bonds is 5. The monoisotopic (exact) mass is 310 g/mol. The van der Waals surface area contributed by atoms with Crippen molar-refractivity contribution in [2.24, 2.45) is 7.05 Å². The van der Waals surface area contributed by atoms with Gasteiger partial charge in [-0.1, -0.05) is 6.07 Å². The van der Waals surface area contributed by atoms with Crippen LogP contribution in [-0.4, -0.2) is 34.3 Å². The van der Waals surface area contributed by atoms with Crippen LogP contribution in [0.1, 0.15) is 21.7 Å². The Morgan fingerprint density at radius 2 is 2.14 bits per heavy atom. The van der Waals surface area contributed by atoms with Crippen molar-refractivity contribution in [3.05, 3.63) is 41.5 Å². The van der Waals surface area contributed by atoms with E-state index >= 15 is 0 Å². The summed E-state index contributed by atoms with van der Waals surface area (Å²) in [5.41, 5.74) is 0.139. The Morgan fingerprint density at radius 3 is 2.71 bits per heavy atom. The second-order valence-electron chi connectivity index (χ2n) is 4.39. The number of hydrogen-bond acceptors (Lipinski definition) is 5. The average Bonchev–Trinajstić information content (AvgIpc) is 2.82. The minimum atomic E-state index is -3.84. The molecule has 2 aromatic rings. The zero-order chi connectivity index (χ0) is 15.6. The Balaban J connectivity index is 2.27. The lowest BCUT2D eigenvalue weighted by Crippen LogP contribution is -2.25. The van der Waals surface area contributed by atoms with Crippen molar-refractivity contribution < 1.29 is 18.3 Å². The zero-order valence-corrected chi connectivity index (χ0v) is 12.3. The first-order valence-corrected chi connectivity index (χ1v) is 7.46. The molecule has 0 aliphatic heterocycles. The Morgan fingerprint density at radius 1 is 1.43 bits per heavy atom. The Hall–Kier alpha value is -2.26. The minimum absolute atomic E-state index is 0.0474. The molecule has 0 unspecified atom stereocenters. The zero-order valence-electron chi connectivity index (χ0n) is 11.4. The van der Waals surface area contributed by atoms with Crippen molar-refractivity contribution in [2.45, 2.75) is 18.4 Å². The van der Waals surface area contributed by atoms with E-state index in [1.807, 2.05) is 0 Å². The van der Waals surface area contributed by atoms with Gasteiger partial charge in [0.25, 0.3) is 0 Å². The third kappa shape index (κ3) is 3.26. The summed E-state index contributed by atoms with van der Waals surface area (Å²) in [6.07, 6.45) is 1.46. The maximum absolute atomic E-state index is 12.2. The van der Waals surface area contributed by atoms with Crippen LogP contribution < -0.4 is 4.72 Å². The second kappa shape index (κ2) is 5.62. The fourth-order valence-corrected chi connectivity index (χ4v) is 3.08. The predicted molar refractivity (Wildman–Crippen MR) is 73.2 cm³/mol. The van der Waals surface area contributed by atoms with Crippen LogP contribution in [0.2, 0.25) is 0 Å². The topological polar surface area (TPSA) is 114 Å². The maximum atomic E-state index is 12.2. The van der Waals surface area contributed by atoms with Crippen LogP contribution in [0, 0.1) is 6.92 Å². The number of aromatic nitrogens is 3. The van der Waals surface area contributed by atoms with Crippen LogP contribution in [0.15, 0.2) is 29.4 Å². The highest BCUT2D eigenvalue weighted by Gasteiger charge is 2.20. The Bertz CT molecular complexity index is 782. The number of benzene rings is 1. The van der Waals surface area contributed by atoms with Crippen LogP contribution >= 0.6 is 0 Å². The van der Waals surface area contributed by atoms with Crippen LogP contribution in [0.3, 0.4) is 0 Å². The highest BCUT2D eigenvalue weighted by atomic mass is 32.2. The standard InChI is InChI=1S/C12H14N4O4S/c1-8-9(12(17)18)4-3-5-10(8)21(19,20)14-6-11-13-7-16(2)15-11/h3-5,7,14H,6H2,1-2H3,(H,17,18). The molecule has 0 spiro atoms. The number of hydrogen-bond donors (Lipinski definition) is 2. The largest absolute Gasteiger partial charge is 0.478 e. The average molecular weight is 310 g/mol. The van der Waals surface area contributed by atoms with Crippen LogP contribution in [0.5, 0.6) is 0 Å². The summed E-state index contributed by atoms with van der Waals surface area (Å²) in [5, 5.41) is 13.0. The molecule has 1 aromatic heterocycles. The van der Waals surface area contributed by atoms with Gasteiger partial charge in [0.05, 0.1) is 17.0 Å². The first kappa shape index (κ1) is 15.1. The number of carbonyl (C=O) groups is 1. The normalized spacial score (nSPS) is 11.5. The molecule has 0 aliphatic rings. The molecule has 9 heteroatoms. The molecule has 0 amide bonds. The van der Waals surface area contributed by atoms with Crippen molar-refractivity contribution >= 4 is 16.0 Å². The van der Waals surface area contributed by atoms with E-state index < -0.39 is 16.0 Å². The lowest BCUT2D eigenvalue weighted by molar-refractivity contribution is 0.0696. The molecule has 0 fully saturated rings. The Kier molecular flexibility index (Phi) is 4.05. The molecular formula is C12H14N4O4S. The number of nitrogens with one attached hydrogen (secondary N) is 1. The number of aromatic carboxylic acids is 1. The molecule has 112 valence electrons. The van der Waals surface area contributed by atoms with E-state index in [4.69, 9.17) is 5.11 Å². The predicted octanol–water partition coefficient (Wildman–Crippen LogP) is 0.300. The summed E-state index contributed by atoms with van der Waals surface area (Å²) in [6.45, 7) is 1.39.